The quantitative estimate of drug-likeness (QED) is 0.287. The lowest BCUT2D eigenvalue weighted by molar-refractivity contribution is 0.0323. The molecule has 0 amide bonds. The van der Waals surface area contributed by atoms with Crippen LogP contribution in [0.5, 0.6) is 0 Å². The standard InChI is InChI=1S/C24H24N4O5/c1-3-33-23(30)19-14-25-28(15-19)24-26-21-13-18(17-7-5-4-6-8-17)9-10-20(21)22(29)27(24)16-32-12-11-31-2/h4-10,13-15H,3,11-12,16H2,1-2H3. The van der Waals surface area contributed by atoms with Gasteiger partial charge in [0, 0.05) is 13.3 Å². The van der Waals surface area contributed by atoms with Crippen molar-refractivity contribution in [2.45, 2.75) is 13.7 Å². The van der Waals surface area contributed by atoms with Gasteiger partial charge in [-0.05, 0) is 30.2 Å². The fourth-order valence-corrected chi connectivity index (χ4v) is 3.36. The van der Waals surface area contributed by atoms with Crippen LogP contribution in [0.3, 0.4) is 0 Å². The van der Waals surface area contributed by atoms with Crippen LogP contribution in [-0.2, 0) is 20.9 Å². The zero-order valence-electron chi connectivity index (χ0n) is 18.4. The Kier molecular flexibility index (Phi) is 6.92. The molecule has 33 heavy (non-hydrogen) atoms. The fraction of sp³-hybridized carbons (Fsp3) is 0.250. The molecule has 2 heterocycles. The summed E-state index contributed by atoms with van der Waals surface area (Å²) in [6.07, 6.45) is 2.86. The molecule has 0 aliphatic carbocycles. The van der Waals surface area contributed by atoms with Crippen LogP contribution in [0.2, 0.25) is 0 Å². The number of methoxy groups -OCH3 is 1. The molecule has 4 rings (SSSR count). The summed E-state index contributed by atoms with van der Waals surface area (Å²) in [5.41, 5.74) is 2.44. The van der Waals surface area contributed by atoms with E-state index in [-0.39, 0.29) is 30.4 Å². The molecule has 0 aliphatic heterocycles. The van der Waals surface area contributed by atoms with Gasteiger partial charge in [-0.2, -0.15) is 5.10 Å². The third kappa shape index (κ3) is 4.84. The van der Waals surface area contributed by atoms with E-state index in [0.29, 0.717) is 24.1 Å². The Balaban J connectivity index is 1.82. The first kappa shape index (κ1) is 22.4. The molecule has 0 N–H and O–H groups in total. The lowest BCUT2D eigenvalue weighted by Crippen LogP contribution is -2.28. The molecule has 0 atom stereocenters. The molecule has 0 bridgehead atoms. The van der Waals surface area contributed by atoms with E-state index >= 15 is 0 Å². The number of carbonyl (C=O) groups excluding carboxylic acids is 1. The van der Waals surface area contributed by atoms with Crippen LogP contribution < -0.4 is 5.56 Å². The maximum atomic E-state index is 13.4. The molecular weight excluding hydrogens is 424 g/mol. The second kappa shape index (κ2) is 10.2. The van der Waals surface area contributed by atoms with Gasteiger partial charge in [0.15, 0.2) is 0 Å². The van der Waals surface area contributed by atoms with Crippen molar-refractivity contribution in [1.82, 2.24) is 19.3 Å². The smallest absolute Gasteiger partial charge is 0.341 e. The van der Waals surface area contributed by atoms with Gasteiger partial charge in [0.05, 0.1) is 42.5 Å². The van der Waals surface area contributed by atoms with Crippen molar-refractivity contribution in [1.29, 1.82) is 0 Å². The Morgan fingerprint density at radius 1 is 1.06 bits per heavy atom. The largest absolute Gasteiger partial charge is 0.462 e. The number of fused-ring (bicyclic) bond motifs is 1. The van der Waals surface area contributed by atoms with E-state index in [1.165, 1.54) is 21.6 Å². The Hall–Kier alpha value is -3.82. The number of hydrogen-bond acceptors (Lipinski definition) is 7. The highest BCUT2D eigenvalue weighted by Gasteiger charge is 2.17. The minimum absolute atomic E-state index is 0.0461. The van der Waals surface area contributed by atoms with Crippen LogP contribution in [0, 0.1) is 0 Å². The van der Waals surface area contributed by atoms with Crippen molar-refractivity contribution in [3.8, 4) is 17.1 Å². The average molecular weight is 448 g/mol. The summed E-state index contributed by atoms with van der Waals surface area (Å²) >= 11 is 0. The van der Waals surface area contributed by atoms with Crippen LogP contribution >= 0.6 is 0 Å². The average Bonchev–Trinajstić information content (AvgIpc) is 3.33. The van der Waals surface area contributed by atoms with E-state index < -0.39 is 5.97 Å². The Labute approximate surface area is 190 Å². The van der Waals surface area contributed by atoms with Gasteiger partial charge >= 0.3 is 5.97 Å². The number of ether oxygens (including phenoxy) is 3. The molecule has 0 saturated heterocycles. The van der Waals surface area contributed by atoms with Gasteiger partial charge in [-0.15, -0.1) is 0 Å². The molecule has 2 aromatic heterocycles. The minimum Gasteiger partial charge on any atom is -0.462 e. The van der Waals surface area contributed by atoms with Gasteiger partial charge in [-0.1, -0.05) is 36.4 Å². The second-order valence-electron chi connectivity index (χ2n) is 7.17. The first-order valence-electron chi connectivity index (χ1n) is 10.5. The molecule has 0 saturated carbocycles. The highest BCUT2D eigenvalue weighted by Crippen LogP contribution is 2.23. The van der Waals surface area contributed by atoms with Crippen molar-refractivity contribution in [2.24, 2.45) is 0 Å². The summed E-state index contributed by atoms with van der Waals surface area (Å²) in [4.78, 5) is 30.2. The second-order valence-corrected chi connectivity index (χ2v) is 7.17. The molecule has 2 aromatic carbocycles. The van der Waals surface area contributed by atoms with Gasteiger partial charge < -0.3 is 14.2 Å². The number of aromatic nitrogens is 4. The van der Waals surface area contributed by atoms with Gasteiger partial charge in [0.1, 0.15) is 6.73 Å². The Morgan fingerprint density at radius 3 is 2.64 bits per heavy atom. The molecule has 170 valence electrons. The normalized spacial score (nSPS) is 11.1. The van der Waals surface area contributed by atoms with Crippen molar-refractivity contribution >= 4 is 16.9 Å². The monoisotopic (exact) mass is 448 g/mol. The van der Waals surface area contributed by atoms with Crippen LogP contribution in [0.1, 0.15) is 17.3 Å². The third-order valence-corrected chi connectivity index (χ3v) is 4.99. The summed E-state index contributed by atoms with van der Waals surface area (Å²) in [6.45, 7) is 2.63. The van der Waals surface area contributed by atoms with E-state index in [9.17, 15) is 9.59 Å². The van der Waals surface area contributed by atoms with Gasteiger partial charge in [0.2, 0.25) is 5.95 Å². The van der Waals surface area contributed by atoms with Crippen molar-refractivity contribution < 1.29 is 19.0 Å². The zero-order chi connectivity index (χ0) is 23.2. The van der Waals surface area contributed by atoms with Crippen LogP contribution in [-0.4, -0.2) is 52.2 Å². The molecule has 9 heteroatoms. The van der Waals surface area contributed by atoms with Crippen molar-refractivity contribution in [2.75, 3.05) is 26.9 Å². The maximum Gasteiger partial charge on any atom is 0.341 e. The summed E-state index contributed by atoms with van der Waals surface area (Å²) < 4.78 is 18.4. The highest BCUT2D eigenvalue weighted by molar-refractivity contribution is 5.89. The van der Waals surface area contributed by atoms with E-state index in [2.05, 4.69) is 5.10 Å². The fourth-order valence-electron chi connectivity index (χ4n) is 3.36. The molecule has 0 unspecified atom stereocenters. The number of carbonyl (C=O) groups is 1. The molecule has 0 aliphatic rings. The molecule has 4 aromatic rings. The molecule has 0 fully saturated rings. The van der Waals surface area contributed by atoms with Crippen molar-refractivity contribution in [3.05, 3.63) is 76.8 Å². The summed E-state index contributed by atoms with van der Waals surface area (Å²) in [5, 5.41) is 4.69. The Bertz CT molecular complexity index is 1310. The minimum atomic E-state index is -0.499. The van der Waals surface area contributed by atoms with E-state index in [4.69, 9.17) is 19.2 Å². The molecule has 0 radical (unpaired) electrons. The van der Waals surface area contributed by atoms with E-state index in [0.717, 1.165) is 11.1 Å². The SMILES string of the molecule is CCOC(=O)c1cnn(-c2nc3cc(-c4ccccc4)ccc3c(=O)n2COCCOC)c1. The first-order valence-corrected chi connectivity index (χ1v) is 10.5. The van der Waals surface area contributed by atoms with Crippen molar-refractivity contribution in [3.63, 3.8) is 0 Å². The summed E-state index contributed by atoms with van der Waals surface area (Å²) in [6, 6.07) is 15.4. The van der Waals surface area contributed by atoms with Crippen LogP contribution in [0.4, 0.5) is 0 Å². The van der Waals surface area contributed by atoms with Gasteiger partial charge in [-0.25, -0.2) is 14.5 Å². The lowest BCUT2D eigenvalue weighted by atomic mass is 10.0. The molecular formula is C24H24N4O5. The van der Waals surface area contributed by atoms with E-state index in [1.807, 2.05) is 42.5 Å². The third-order valence-electron chi connectivity index (χ3n) is 4.99. The number of esters is 1. The number of rotatable bonds is 9. The summed E-state index contributed by atoms with van der Waals surface area (Å²) in [5.74, 6) is -0.271. The predicted octanol–water partition coefficient (Wildman–Crippen LogP) is 3.05. The van der Waals surface area contributed by atoms with E-state index in [1.54, 1.807) is 20.1 Å². The van der Waals surface area contributed by atoms with Gasteiger partial charge in [-0.3, -0.25) is 9.36 Å². The number of hydrogen-bond donors (Lipinski definition) is 0. The predicted molar refractivity (Wildman–Crippen MR) is 122 cm³/mol. The molecule has 0 spiro atoms. The highest BCUT2D eigenvalue weighted by atomic mass is 16.5. The number of nitrogens with zero attached hydrogens (tertiary/aromatic N) is 4. The first-order chi connectivity index (χ1) is 16.1. The maximum absolute atomic E-state index is 13.4. The van der Waals surface area contributed by atoms with Crippen LogP contribution in [0.15, 0.2) is 65.7 Å². The summed E-state index contributed by atoms with van der Waals surface area (Å²) in [7, 11) is 1.57. The zero-order valence-corrected chi connectivity index (χ0v) is 18.4. The number of benzene rings is 2. The lowest BCUT2D eigenvalue weighted by Gasteiger charge is -2.14. The van der Waals surface area contributed by atoms with Crippen LogP contribution in [0.25, 0.3) is 28.0 Å². The Morgan fingerprint density at radius 2 is 1.88 bits per heavy atom. The topological polar surface area (TPSA) is 97.5 Å². The molecule has 9 nitrogen and oxygen atoms in total. The van der Waals surface area contributed by atoms with Gasteiger partial charge in [0.25, 0.3) is 5.56 Å².